The normalized spacial score (nSPS) is 14.5. The first-order valence-corrected chi connectivity index (χ1v) is 9.68. The van der Waals surface area contributed by atoms with E-state index in [1.807, 2.05) is 59.8 Å². The standard InChI is InChI=1S/C22H21N5O/c28-22(27-12-2-1-3-13-27)15-8-9-16-19(14-15)26-21(18-7-5-11-24-18)20(25-16)17-6-4-10-23-17/h4-11,14,23-24H,1-3,12-13H2. The smallest absolute Gasteiger partial charge is 0.253 e. The average molecular weight is 371 g/mol. The van der Waals surface area contributed by atoms with Gasteiger partial charge in [-0.15, -0.1) is 0 Å². The Balaban J connectivity index is 1.61. The van der Waals surface area contributed by atoms with Crippen molar-refractivity contribution < 1.29 is 4.79 Å². The lowest BCUT2D eigenvalue weighted by atomic mass is 10.1. The maximum absolute atomic E-state index is 12.9. The zero-order valence-corrected chi connectivity index (χ0v) is 15.5. The summed E-state index contributed by atoms with van der Waals surface area (Å²) in [4.78, 5) is 31.0. The van der Waals surface area contributed by atoms with Gasteiger partial charge in [0, 0.05) is 31.0 Å². The fourth-order valence-corrected chi connectivity index (χ4v) is 3.80. The topological polar surface area (TPSA) is 77.7 Å². The number of rotatable bonds is 3. The van der Waals surface area contributed by atoms with Gasteiger partial charge < -0.3 is 14.9 Å². The van der Waals surface area contributed by atoms with E-state index in [1.165, 1.54) is 6.42 Å². The van der Waals surface area contributed by atoms with Gasteiger partial charge in [-0.05, 0) is 61.7 Å². The minimum absolute atomic E-state index is 0.0817. The molecule has 0 bridgehead atoms. The highest BCUT2D eigenvalue weighted by molar-refractivity contribution is 5.98. The molecule has 1 aliphatic rings. The third kappa shape index (κ3) is 2.97. The number of fused-ring (bicyclic) bond motifs is 1. The maximum atomic E-state index is 12.9. The van der Waals surface area contributed by atoms with Gasteiger partial charge in [-0.25, -0.2) is 9.97 Å². The van der Waals surface area contributed by atoms with Gasteiger partial charge in [-0.1, -0.05) is 0 Å². The molecule has 0 unspecified atom stereocenters. The molecule has 0 atom stereocenters. The number of aromatic amines is 2. The van der Waals surface area contributed by atoms with Gasteiger partial charge in [0.05, 0.1) is 22.4 Å². The second kappa shape index (κ2) is 6.96. The average Bonchev–Trinajstić information content (AvgIpc) is 3.46. The summed E-state index contributed by atoms with van der Waals surface area (Å²) in [6.07, 6.45) is 7.11. The number of H-pyrrole nitrogens is 2. The van der Waals surface area contributed by atoms with Crippen LogP contribution in [0.1, 0.15) is 29.6 Å². The van der Waals surface area contributed by atoms with Gasteiger partial charge in [-0.3, -0.25) is 4.79 Å². The Morgan fingerprint density at radius 3 is 2.07 bits per heavy atom. The van der Waals surface area contributed by atoms with E-state index in [4.69, 9.17) is 9.97 Å². The Morgan fingerprint density at radius 1 is 0.821 bits per heavy atom. The van der Waals surface area contributed by atoms with Crippen LogP contribution in [0.15, 0.2) is 54.9 Å². The molecule has 6 heteroatoms. The number of hydrogen-bond acceptors (Lipinski definition) is 3. The van der Waals surface area contributed by atoms with E-state index >= 15 is 0 Å². The molecule has 6 nitrogen and oxygen atoms in total. The molecule has 0 aliphatic carbocycles. The van der Waals surface area contributed by atoms with Gasteiger partial charge in [0.1, 0.15) is 11.4 Å². The van der Waals surface area contributed by atoms with Crippen molar-refractivity contribution in [1.29, 1.82) is 0 Å². The molecule has 1 saturated heterocycles. The summed E-state index contributed by atoms with van der Waals surface area (Å²) in [6, 6.07) is 13.5. The zero-order valence-electron chi connectivity index (χ0n) is 15.5. The van der Waals surface area contributed by atoms with Gasteiger partial charge in [0.2, 0.25) is 0 Å². The highest BCUT2D eigenvalue weighted by Crippen LogP contribution is 2.29. The van der Waals surface area contributed by atoms with Crippen LogP contribution in [0.2, 0.25) is 0 Å². The second-order valence-electron chi connectivity index (χ2n) is 7.14. The van der Waals surface area contributed by atoms with Crippen molar-refractivity contribution in [2.75, 3.05) is 13.1 Å². The number of benzene rings is 1. The van der Waals surface area contributed by atoms with Crippen molar-refractivity contribution in [1.82, 2.24) is 24.8 Å². The van der Waals surface area contributed by atoms with Crippen molar-refractivity contribution in [2.24, 2.45) is 0 Å². The van der Waals surface area contributed by atoms with E-state index in [-0.39, 0.29) is 5.91 Å². The van der Waals surface area contributed by atoms with Crippen LogP contribution < -0.4 is 0 Å². The van der Waals surface area contributed by atoms with Gasteiger partial charge in [0.25, 0.3) is 5.91 Å². The first-order chi connectivity index (χ1) is 13.8. The van der Waals surface area contributed by atoms with Gasteiger partial charge in [0.15, 0.2) is 0 Å². The summed E-state index contributed by atoms with van der Waals surface area (Å²) >= 11 is 0. The highest BCUT2D eigenvalue weighted by Gasteiger charge is 2.20. The molecule has 4 aromatic rings. The number of likely N-dealkylation sites (tertiary alicyclic amines) is 1. The predicted octanol–water partition coefficient (Wildman–Crippen LogP) is 4.25. The van der Waals surface area contributed by atoms with Crippen LogP contribution >= 0.6 is 0 Å². The summed E-state index contributed by atoms with van der Waals surface area (Å²) in [5.41, 5.74) is 5.53. The summed E-state index contributed by atoms with van der Waals surface area (Å²) in [5.74, 6) is 0.0817. The number of amides is 1. The fraction of sp³-hybridized carbons (Fsp3) is 0.227. The summed E-state index contributed by atoms with van der Waals surface area (Å²) < 4.78 is 0. The maximum Gasteiger partial charge on any atom is 0.253 e. The van der Waals surface area contributed by atoms with E-state index < -0.39 is 0 Å². The van der Waals surface area contributed by atoms with E-state index in [0.29, 0.717) is 5.56 Å². The molecule has 140 valence electrons. The Kier molecular flexibility index (Phi) is 4.16. The Hall–Kier alpha value is -3.41. The Bertz CT molecular complexity index is 1110. The number of piperidine rings is 1. The van der Waals surface area contributed by atoms with E-state index in [0.717, 1.165) is 59.7 Å². The molecule has 28 heavy (non-hydrogen) atoms. The molecule has 0 radical (unpaired) electrons. The molecule has 1 aliphatic heterocycles. The van der Waals surface area contributed by atoms with Crippen molar-refractivity contribution in [3.8, 4) is 22.8 Å². The summed E-state index contributed by atoms with van der Waals surface area (Å²) in [7, 11) is 0. The fourth-order valence-electron chi connectivity index (χ4n) is 3.80. The number of nitrogens with one attached hydrogen (secondary N) is 2. The minimum atomic E-state index is 0.0817. The third-order valence-corrected chi connectivity index (χ3v) is 5.26. The molecule has 1 aromatic carbocycles. The molecule has 1 amide bonds. The monoisotopic (exact) mass is 371 g/mol. The molecular formula is C22H21N5O. The van der Waals surface area contributed by atoms with Gasteiger partial charge in [-0.2, -0.15) is 0 Å². The van der Waals surface area contributed by atoms with Gasteiger partial charge >= 0.3 is 0 Å². The van der Waals surface area contributed by atoms with Crippen LogP contribution in [0.3, 0.4) is 0 Å². The van der Waals surface area contributed by atoms with Crippen LogP contribution in [0.25, 0.3) is 33.8 Å². The SMILES string of the molecule is O=C(c1ccc2nc(-c3ccc[nH]3)c(-c3ccc[nH]3)nc2c1)N1CCCCC1. The lowest BCUT2D eigenvalue weighted by Crippen LogP contribution is -2.35. The van der Waals surface area contributed by atoms with Crippen LogP contribution in [0.4, 0.5) is 0 Å². The second-order valence-corrected chi connectivity index (χ2v) is 7.14. The molecule has 2 N–H and O–H groups in total. The van der Waals surface area contributed by atoms with Crippen molar-refractivity contribution in [3.63, 3.8) is 0 Å². The highest BCUT2D eigenvalue weighted by atomic mass is 16.2. The molecule has 0 saturated carbocycles. The van der Waals surface area contributed by atoms with Crippen molar-refractivity contribution in [3.05, 3.63) is 60.4 Å². The van der Waals surface area contributed by atoms with Crippen LogP contribution in [-0.4, -0.2) is 43.8 Å². The van der Waals surface area contributed by atoms with Crippen molar-refractivity contribution in [2.45, 2.75) is 19.3 Å². The number of aromatic nitrogens is 4. The Labute approximate surface area is 162 Å². The van der Waals surface area contributed by atoms with E-state index in [9.17, 15) is 4.79 Å². The molecule has 0 spiro atoms. The van der Waals surface area contributed by atoms with Crippen LogP contribution in [-0.2, 0) is 0 Å². The third-order valence-electron chi connectivity index (χ3n) is 5.26. The van der Waals surface area contributed by atoms with Crippen LogP contribution in [0.5, 0.6) is 0 Å². The number of carbonyl (C=O) groups is 1. The number of carbonyl (C=O) groups excluding carboxylic acids is 1. The predicted molar refractivity (Wildman–Crippen MR) is 109 cm³/mol. The van der Waals surface area contributed by atoms with E-state index in [2.05, 4.69) is 9.97 Å². The first-order valence-electron chi connectivity index (χ1n) is 9.68. The molecule has 4 heterocycles. The molecular weight excluding hydrogens is 350 g/mol. The quantitative estimate of drug-likeness (QED) is 0.565. The van der Waals surface area contributed by atoms with E-state index in [1.54, 1.807) is 0 Å². The lowest BCUT2D eigenvalue weighted by molar-refractivity contribution is 0.0724. The Morgan fingerprint density at radius 2 is 1.46 bits per heavy atom. The molecule has 1 fully saturated rings. The number of nitrogens with zero attached hydrogens (tertiary/aromatic N) is 3. The van der Waals surface area contributed by atoms with Crippen molar-refractivity contribution >= 4 is 16.9 Å². The molecule has 5 rings (SSSR count). The minimum Gasteiger partial charge on any atom is -0.360 e. The first kappa shape index (κ1) is 16.7. The zero-order chi connectivity index (χ0) is 18.9. The lowest BCUT2D eigenvalue weighted by Gasteiger charge is -2.26. The molecule has 3 aromatic heterocycles. The summed E-state index contributed by atoms with van der Waals surface area (Å²) in [5, 5.41) is 0. The van der Waals surface area contributed by atoms with Crippen LogP contribution in [0, 0.1) is 0 Å². The summed E-state index contributed by atoms with van der Waals surface area (Å²) in [6.45, 7) is 1.67. The number of hydrogen-bond donors (Lipinski definition) is 2. The largest absolute Gasteiger partial charge is 0.360 e.